The molecule has 4 amide bonds. The smallest absolute Gasteiger partial charge is 0.333 e. The molecular weight excluding hydrogens is 628 g/mol. The van der Waals surface area contributed by atoms with Crippen molar-refractivity contribution < 1.29 is 28.8 Å². The summed E-state index contributed by atoms with van der Waals surface area (Å²) >= 11 is 0. The van der Waals surface area contributed by atoms with Crippen LogP contribution in [0.15, 0.2) is 23.2 Å². The van der Waals surface area contributed by atoms with Crippen LogP contribution in [-0.4, -0.2) is 83.8 Å². The molecule has 3 aliphatic heterocycles. The summed E-state index contributed by atoms with van der Waals surface area (Å²) < 4.78 is 0. The number of amides is 4. The van der Waals surface area contributed by atoms with Gasteiger partial charge in [-0.25, -0.2) is 4.79 Å². The number of anilines is 1. The average molecular weight is 685 g/mol. The minimum atomic E-state index is -0.632. The fraction of sp³-hybridized carbons (Fsp3) is 0.657. The van der Waals surface area contributed by atoms with E-state index in [0.29, 0.717) is 81.6 Å². The summed E-state index contributed by atoms with van der Waals surface area (Å²) in [7, 11) is 0. The molecule has 49 heavy (non-hydrogen) atoms. The molecule has 2 fully saturated rings. The van der Waals surface area contributed by atoms with E-state index in [-0.39, 0.29) is 44.5 Å². The Morgan fingerprint density at radius 1 is 1.06 bits per heavy atom. The highest BCUT2D eigenvalue weighted by molar-refractivity contribution is 6.01. The van der Waals surface area contributed by atoms with Gasteiger partial charge in [-0.15, -0.1) is 5.06 Å². The quantitative estimate of drug-likeness (QED) is 0.0745. The molecular formula is C35H56N8O6. The van der Waals surface area contributed by atoms with Gasteiger partial charge < -0.3 is 37.2 Å². The number of fused-ring (bicyclic) bond motifs is 1. The summed E-state index contributed by atoms with van der Waals surface area (Å²) in [5, 5.41) is 10.6. The number of nitrogens with two attached hydrogens (primary N) is 2. The standard InChI is InChI=1S/C34H52N8O6.CH4/c1-22-14-17-41(27(19-22)32(46)37-15-5-3-4-11-30(45)48-42-28(43)12-13-29(42)44)33(47)26(10-7-16-38-34(35)36)39-21-25-9-6-8-24-18-23(2)20-40-31(24)25;/h6,8-9,22-23,26-27,39-40H,3-5,7,10-21H2,1-2H3,(H,37,46)(H4,35,36,38);1H4. The first kappa shape index (κ1) is 39.2. The fourth-order valence-corrected chi connectivity index (χ4v) is 6.53. The third kappa shape index (κ3) is 11.4. The van der Waals surface area contributed by atoms with Crippen molar-refractivity contribution in [2.45, 2.75) is 111 Å². The summed E-state index contributed by atoms with van der Waals surface area (Å²) in [6, 6.07) is 5.18. The average Bonchev–Trinajstić information content (AvgIpc) is 3.37. The lowest BCUT2D eigenvalue weighted by Gasteiger charge is -2.39. The van der Waals surface area contributed by atoms with Crippen molar-refractivity contribution in [3.05, 3.63) is 29.3 Å². The number of imide groups is 1. The van der Waals surface area contributed by atoms with Crippen molar-refractivity contribution in [3.8, 4) is 0 Å². The minimum absolute atomic E-state index is 0. The third-order valence-corrected chi connectivity index (χ3v) is 9.22. The molecule has 0 bridgehead atoms. The van der Waals surface area contributed by atoms with Crippen LogP contribution in [0, 0.1) is 11.8 Å². The van der Waals surface area contributed by atoms with Crippen LogP contribution in [0.25, 0.3) is 0 Å². The van der Waals surface area contributed by atoms with E-state index in [9.17, 15) is 24.0 Å². The van der Waals surface area contributed by atoms with Gasteiger partial charge in [-0.05, 0) is 67.9 Å². The number of hydrogen-bond acceptors (Lipinski definition) is 9. The van der Waals surface area contributed by atoms with E-state index in [4.69, 9.17) is 16.3 Å². The predicted octanol–water partition coefficient (Wildman–Crippen LogP) is 2.35. The molecule has 4 unspecified atom stereocenters. The van der Waals surface area contributed by atoms with E-state index < -0.39 is 29.9 Å². The zero-order valence-electron chi connectivity index (χ0n) is 28.3. The summed E-state index contributed by atoms with van der Waals surface area (Å²) in [6.07, 6.45) is 5.43. The molecule has 0 spiro atoms. The van der Waals surface area contributed by atoms with Gasteiger partial charge in [-0.1, -0.05) is 45.9 Å². The molecule has 7 N–H and O–H groups in total. The highest BCUT2D eigenvalue weighted by Gasteiger charge is 2.37. The number of hydroxylamine groups is 2. The van der Waals surface area contributed by atoms with Gasteiger partial charge >= 0.3 is 5.97 Å². The molecule has 272 valence electrons. The van der Waals surface area contributed by atoms with Crippen LogP contribution in [0.5, 0.6) is 0 Å². The number of rotatable bonds is 16. The number of likely N-dealkylation sites (tertiary alicyclic amines) is 1. The Hall–Kier alpha value is -4.20. The van der Waals surface area contributed by atoms with Crippen LogP contribution in [0.1, 0.15) is 96.6 Å². The molecule has 0 aromatic heterocycles. The van der Waals surface area contributed by atoms with Gasteiger partial charge in [0.05, 0.1) is 6.04 Å². The number of unbranched alkanes of at least 4 members (excludes halogenated alkanes) is 2. The Morgan fingerprint density at radius 2 is 1.82 bits per heavy atom. The number of nitrogens with one attached hydrogen (secondary N) is 3. The van der Waals surface area contributed by atoms with Crippen LogP contribution < -0.4 is 27.4 Å². The Kier molecular flexibility index (Phi) is 15.3. The fourth-order valence-electron chi connectivity index (χ4n) is 6.53. The Balaban J connectivity index is 0.00000650. The summed E-state index contributed by atoms with van der Waals surface area (Å²) in [4.78, 5) is 73.6. The van der Waals surface area contributed by atoms with Crippen molar-refractivity contribution >= 4 is 41.2 Å². The van der Waals surface area contributed by atoms with Gasteiger partial charge in [0.15, 0.2) is 5.96 Å². The zero-order chi connectivity index (χ0) is 34.6. The van der Waals surface area contributed by atoms with Crippen molar-refractivity contribution in [2.24, 2.45) is 28.3 Å². The number of carbonyl (C=O) groups excluding carboxylic acids is 5. The lowest BCUT2D eigenvalue weighted by atomic mass is 9.90. The molecule has 3 heterocycles. The molecule has 0 aliphatic carbocycles. The molecule has 14 nitrogen and oxygen atoms in total. The van der Waals surface area contributed by atoms with Crippen LogP contribution in [0.2, 0.25) is 0 Å². The van der Waals surface area contributed by atoms with Crippen LogP contribution in [-0.2, 0) is 41.8 Å². The number of benzene rings is 1. The zero-order valence-corrected chi connectivity index (χ0v) is 28.3. The molecule has 4 rings (SSSR count). The minimum Gasteiger partial charge on any atom is -0.384 e. The van der Waals surface area contributed by atoms with Crippen molar-refractivity contribution in [1.29, 1.82) is 0 Å². The van der Waals surface area contributed by atoms with E-state index in [2.05, 4.69) is 53.0 Å². The van der Waals surface area contributed by atoms with Crippen LogP contribution >= 0.6 is 0 Å². The molecule has 4 atom stereocenters. The van der Waals surface area contributed by atoms with Crippen molar-refractivity contribution in [3.63, 3.8) is 0 Å². The number of hydrogen-bond donors (Lipinski definition) is 5. The van der Waals surface area contributed by atoms with E-state index in [1.807, 2.05) is 0 Å². The monoisotopic (exact) mass is 684 g/mol. The number of guanidine groups is 1. The summed E-state index contributed by atoms with van der Waals surface area (Å²) in [5.41, 5.74) is 14.6. The van der Waals surface area contributed by atoms with Gasteiger partial charge in [-0.2, -0.15) is 0 Å². The Bertz CT molecular complexity index is 1330. The predicted molar refractivity (Wildman–Crippen MR) is 188 cm³/mol. The molecule has 3 aliphatic rings. The topological polar surface area (TPSA) is 202 Å². The number of piperidine rings is 1. The maximum Gasteiger partial charge on any atom is 0.333 e. The summed E-state index contributed by atoms with van der Waals surface area (Å²) in [5.74, 6) is -1.07. The van der Waals surface area contributed by atoms with Gasteiger partial charge in [0.1, 0.15) is 6.04 Å². The maximum absolute atomic E-state index is 14.1. The third-order valence-electron chi connectivity index (χ3n) is 9.22. The number of para-hydroxylation sites is 1. The second kappa shape index (κ2) is 19.1. The SMILES string of the molecule is C.CC1CNc2c(CNC(CCCN=C(N)N)C(=O)N3CCC(C)CC3C(=O)NCCCCCC(=O)ON3C(=O)CCC3=O)cccc2C1. The summed E-state index contributed by atoms with van der Waals surface area (Å²) in [6.45, 7) is 7.03. The van der Waals surface area contributed by atoms with Crippen molar-refractivity contribution in [1.82, 2.24) is 20.6 Å². The molecule has 14 heteroatoms. The number of carbonyl (C=O) groups is 5. The number of nitrogens with zero attached hydrogens (tertiary/aromatic N) is 3. The van der Waals surface area contributed by atoms with E-state index >= 15 is 0 Å². The first-order chi connectivity index (χ1) is 23.0. The highest BCUT2D eigenvalue weighted by atomic mass is 16.7. The van der Waals surface area contributed by atoms with Crippen LogP contribution in [0.4, 0.5) is 5.69 Å². The molecule has 1 aromatic carbocycles. The Labute approximate surface area is 290 Å². The van der Waals surface area contributed by atoms with E-state index in [0.717, 1.165) is 30.6 Å². The Morgan fingerprint density at radius 3 is 2.55 bits per heavy atom. The highest BCUT2D eigenvalue weighted by Crippen LogP contribution is 2.29. The number of aliphatic imine (C=N–C) groups is 1. The second-order valence-corrected chi connectivity index (χ2v) is 13.3. The van der Waals surface area contributed by atoms with Crippen molar-refractivity contribution in [2.75, 3.05) is 31.5 Å². The molecule has 0 radical (unpaired) electrons. The lowest BCUT2D eigenvalue weighted by molar-refractivity contribution is -0.197. The van der Waals surface area contributed by atoms with Gasteiger partial charge in [0, 0.05) is 57.7 Å². The lowest BCUT2D eigenvalue weighted by Crippen LogP contribution is -2.57. The second-order valence-electron chi connectivity index (χ2n) is 13.3. The molecule has 2 saturated heterocycles. The molecule has 1 aromatic rings. The molecule has 0 saturated carbocycles. The van der Waals surface area contributed by atoms with Gasteiger partial charge in [0.25, 0.3) is 11.8 Å². The largest absolute Gasteiger partial charge is 0.384 e. The van der Waals surface area contributed by atoms with Gasteiger partial charge in [0.2, 0.25) is 11.8 Å². The van der Waals surface area contributed by atoms with Gasteiger partial charge in [-0.3, -0.25) is 24.2 Å². The van der Waals surface area contributed by atoms with Crippen LogP contribution in [0.3, 0.4) is 0 Å². The first-order valence-electron chi connectivity index (χ1n) is 17.3. The van der Waals surface area contributed by atoms with E-state index in [1.54, 1.807) is 4.90 Å². The first-order valence-corrected chi connectivity index (χ1v) is 17.3. The van der Waals surface area contributed by atoms with E-state index in [1.165, 1.54) is 5.56 Å². The maximum atomic E-state index is 14.1. The normalized spacial score (nSPS) is 20.8.